The first kappa shape index (κ1) is 19.4. The molecule has 7 atom stereocenters. The van der Waals surface area contributed by atoms with Gasteiger partial charge in [-0.2, -0.15) is 0 Å². The van der Waals surface area contributed by atoms with Gasteiger partial charge in [0.25, 0.3) is 0 Å². The van der Waals surface area contributed by atoms with Crippen LogP contribution in [-0.2, 0) is 4.79 Å². The third kappa shape index (κ3) is 2.23. The van der Waals surface area contributed by atoms with Gasteiger partial charge in [0.1, 0.15) is 5.78 Å². The largest absolute Gasteiger partial charge is 0.299 e. The smallest absolute Gasteiger partial charge is 0.136 e. The molecule has 0 spiro atoms. The van der Waals surface area contributed by atoms with Gasteiger partial charge in [-0.1, -0.05) is 53.2 Å². The Hall–Kier alpha value is -0.590. The van der Waals surface area contributed by atoms with Gasteiger partial charge in [-0.25, -0.2) is 0 Å². The Labute approximate surface area is 173 Å². The molecule has 0 bridgehead atoms. The molecule has 0 heterocycles. The second kappa shape index (κ2) is 5.55. The Morgan fingerprint density at radius 3 is 2.32 bits per heavy atom. The van der Waals surface area contributed by atoms with E-state index in [-0.39, 0.29) is 5.41 Å². The minimum Gasteiger partial charge on any atom is -0.299 e. The molecule has 0 aliphatic heterocycles. The van der Waals surface area contributed by atoms with Gasteiger partial charge in [0, 0.05) is 12.3 Å². The summed E-state index contributed by atoms with van der Waals surface area (Å²) in [6, 6.07) is 0. The Bertz CT molecular complexity index is 745. The third-order valence-electron chi connectivity index (χ3n) is 11.6. The Balaban J connectivity index is 1.59. The summed E-state index contributed by atoms with van der Waals surface area (Å²) in [6.07, 6.45) is 15.3. The summed E-state index contributed by atoms with van der Waals surface area (Å²) in [7, 11) is 0. The zero-order valence-corrected chi connectivity index (χ0v) is 19.3. The molecule has 1 nitrogen and oxygen atoms in total. The molecule has 4 saturated carbocycles. The maximum atomic E-state index is 12.6. The number of carbonyl (C=O) groups is 1. The van der Waals surface area contributed by atoms with Crippen molar-refractivity contribution in [3.05, 3.63) is 11.6 Å². The summed E-state index contributed by atoms with van der Waals surface area (Å²) in [6.45, 7) is 15.4. The molecule has 0 radical (unpaired) electrons. The lowest BCUT2D eigenvalue weighted by atomic mass is 9.36. The van der Waals surface area contributed by atoms with Gasteiger partial charge < -0.3 is 0 Å². The molecule has 5 aliphatic carbocycles. The SMILES string of the molecule is CC1(C)CC[C@]2(C)CC[C@]3(C)C(=CC[C@@H]4[C@]5(C)CCC(=O)[C@@H]5CC[C@]43C)[C@H]2C1. The van der Waals surface area contributed by atoms with Crippen LogP contribution < -0.4 is 0 Å². The van der Waals surface area contributed by atoms with E-state index in [9.17, 15) is 4.79 Å². The predicted molar refractivity (Wildman–Crippen MR) is 116 cm³/mol. The van der Waals surface area contributed by atoms with E-state index in [1.165, 1.54) is 44.9 Å². The molecule has 0 aromatic carbocycles. The number of rotatable bonds is 0. The fourth-order valence-corrected chi connectivity index (χ4v) is 9.33. The van der Waals surface area contributed by atoms with Crippen molar-refractivity contribution in [2.75, 3.05) is 0 Å². The Morgan fingerprint density at radius 1 is 0.857 bits per heavy atom. The van der Waals surface area contributed by atoms with E-state index in [4.69, 9.17) is 0 Å². The highest BCUT2D eigenvalue weighted by Crippen LogP contribution is 2.74. The molecule has 0 saturated heterocycles. The van der Waals surface area contributed by atoms with E-state index in [1.807, 2.05) is 5.57 Å². The lowest BCUT2D eigenvalue weighted by Crippen LogP contribution is -2.60. The molecule has 0 amide bonds. The van der Waals surface area contributed by atoms with Crippen LogP contribution in [-0.4, -0.2) is 5.78 Å². The predicted octanol–water partition coefficient (Wildman–Crippen LogP) is 7.35. The minimum atomic E-state index is 0.252. The van der Waals surface area contributed by atoms with Crippen molar-refractivity contribution in [3.8, 4) is 0 Å². The van der Waals surface area contributed by atoms with E-state index in [1.54, 1.807) is 0 Å². The lowest BCUT2D eigenvalue weighted by molar-refractivity contribution is -0.147. The van der Waals surface area contributed by atoms with Crippen LogP contribution in [0.4, 0.5) is 0 Å². The van der Waals surface area contributed by atoms with Crippen LogP contribution in [0.25, 0.3) is 0 Å². The molecule has 0 aromatic heterocycles. The van der Waals surface area contributed by atoms with Gasteiger partial charge in [-0.15, -0.1) is 0 Å². The Morgan fingerprint density at radius 2 is 1.57 bits per heavy atom. The first-order chi connectivity index (χ1) is 13.0. The van der Waals surface area contributed by atoms with Gasteiger partial charge in [0.2, 0.25) is 0 Å². The molecule has 1 heteroatoms. The zero-order chi connectivity index (χ0) is 20.2. The van der Waals surface area contributed by atoms with Gasteiger partial charge in [-0.3, -0.25) is 4.79 Å². The summed E-state index contributed by atoms with van der Waals surface area (Å²) in [5.41, 5.74) is 3.82. The van der Waals surface area contributed by atoms with Crippen LogP contribution in [0.15, 0.2) is 11.6 Å². The van der Waals surface area contributed by atoms with Crippen molar-refractivity contribution >= 4 is 5.78 Å². The topological polar surface area (TPSA) is 17.1 Å². The maximum absolute atomic E-state index is 12.6. The van der Waals surface area contributed by atoms with Crippen molar-refractivity contribution in [3.63, 3.8) is 0 Å². The van der Waals surface area contributed by atoms with Gasteiger partial charge >= 0.3 is 0 Å². The van der Waals surface area contributed by atoms with Crippen molar-refractivity contribution in [2.24, 2.45) is 44.8 Å². The molecule has 5 aliphatic rings. The lowest BCUT2D eigenvalue weighted by Gasteiger charge is -2.68. The summed E-state index contributed by atoms with van der Waals surface area (Å²) in [5.74, 6) is 2.41. The Kier molecular flexibility index (Phi) is 3.84. The maximum Gasteiger partial charge on any atom is 0.136 e. The molecule has 4 fully saturated rings. The third-order valence-corrected chi connectivity index (χ3v) is 11.6. The number of hydrogen-bond donors (Lipinski definition) is 0. The van der Waals surface area contributed by atoms with Gasteiger partial charge in [-0.05, 0) is 96.7 Å². The number of ketones is 1. The fourth-order valence-electron chi connectivity index (χ4n) is 9.33. The first-order valence-electron chi connectivity index (χ1n) is 12.2. The van der Waals surface area contributed by atoms with Gasteiger partial charge in [0.15, 0.2) is 0 Å². The molecule has 0 N–H and O–H groups in total. The minimum absolute atomic E-state index is 0.252. The molecular formula is C27H42O. The van der Waals surface area contributed by atoms with E-state index in [2.05, 4.69) is 47.6 Å². The zero-order valence-electron chi connectivity index (χ0n) is 19.3. The van der Waals surface area contributed by atoms with Crippen LogP contribution in [0.1, 0.15) is 106 Å². The van der Waals surface area contributed by atoms with Crippen LogP contribution in [0, 0.1) is 44.8 Å². The molecule has 0 unspecified atom stereocenters. The second-order valence-corrected chi connectivity index (χ2v) is 13.3. The summed E-state index contributed by atoms with van der Waals surface area (Å²) < 4.78 is 0. The van der Waals surface area contributed by atoms with Crippen LogP contribution in [0.2, 0.25) is 0 Å². The summed E-state index contributed by atoms with van der Waals surface area (Å²) in [5, 5.41) is 0. The number of Topliss-reactive ketones (excluding diaryl/α,β-unsaturated/α-hetero) is 1. The molecule has 0 aromatic rings. The first-order valence-corrected chi connectivity index (χ1v) is 12.2. The van der Waals surface area contributed by atoms with Crippen molar-refractivity contribution < 1.29 is 4.79 Å². The highest BCUT2D eigenvalue weighted by atomic mass is 16.1. The normalized spacial score (nSPS) is 54.9. The number of hydrogen-bond acceptors (Lipinski definition) is 1. The monoisotopic (exact) mass is 382 g/mol. The molecule has 156 valence electrons. The van der Waals surface area contributed by atoms with E-state index >= 15 is 0 Å². The average molecular weight is 383 g/mol. The molecule has 5 rings (SSSR count). The number of carbonyl (C=O) groups excluding carboxylic acids is 1. The number of fused-ring (bicyclic) bond motifs is 7. The van der Waals surface area contributed by atoms with E-state index in [0.717, 1.165) is 25.2 Å². The molecule has 28 heavy (non-hydrogen) atoms. The van der Waals surface area contributed by atoms with Crippen molar-refractivity contribution in [2.45, 2.75) is 106 Å². The van der Waals surface area contributed by atoms with Gasteiger partial charge in [0.05, 0.1) is 0 Å². The quantitative estimate of drug-likeness (QED) is 0.400. The van der Waals surface area contributed by atoms with Crippen LogP contribution in [0.5, 0.6) is 0 Å². The standard InChI is InChI=1S/C27H42O/c1-23(2)13-14-24(3)15-16-26(5)18(20(24)17-23)7-8-22-25(4)11-10-21(28)19(25)9-12-27(22,26)6/h7,19-20,22H,8-17H2,1-6H3/t19-,20+,22+,24+,25+,26+,27+/m0/s1. The molecular weight excluding hydrogens is 340 g/mol. The second-order valence-electron chi connectivity index (χ2n) is 13.3. The van der Waals surface area contributed by atoms with E-state index in [0.29, 0.717) is 39.3 Å². The average Bonchev–Trinajstić information content (AvgIpc) is 2.92. The fraction of sp³-hybridized carbons (Fsp3) is 0.889. The van der Waals surface area contributed by atoms with Crippen LogP contribution >= 0.6 is 0 Å². The van der Waals surface area contributed by atoms with E-state index < -0.39 is 0 Å². The summed E-state index contributed by atoms with van der Waals surface area (Å²) >= 11 is 0. The van der Waals surface area contributed by atoms with Crippen LogP contribution in [0.3, 0.4) is 0 Å². The highest BCUT2D eigenvalue weighted by molar-refractivity contribution is 5.84. The van der Waals surface area contributed by atoms with Crippen molar-refractivity contribution in [1.29, 1.82) is 0 Å². The highest BCUT2D eigenvalue weighted by Gasteiger charge is 2.66. The number of allylic oxidation sites excluding steroid dienone is 2. The van der Waals surface area contributed by atoms with Crippen molar-refractivity contribution in [1.82, 2.24) is 0 Å². The summed E-state index contributed by atoms with van der Waals surface area (Å²) in [4.78, 5) is 12.6.